The van der Waals surface area contributed by atoms with E-state index < -0.39 is 0 Å². The van der Waals surface area contributed by atoms with E-state index in [9.17, 15) is 4.79 Å². The number of aromatic amines is 2. The van der Waals surface area contributed by atoms with Crippen molar-refractivity contribution in [1.29, 1.82) is 0 Å². The number of imidazole rings is 1. The number of amides is 1. The Hall–Kier alpha value is -3.91. The van der Waals surface area contributed by atoms with Crippen LogP contribution in [-0.4, -0.2) is 39.2 Å². The predicted octanol–water partition coefficient (Wildman–Crippen LogP) is 3.44. The zero-order valence-corrected chi connectivity index (χ0v) is 16.1. The second kappa shape index (κ2) is 7.49. The third-order valence-electron chi connectivity index (χ3n) is 5.05. The third kappa shape index (κ3) is 3.23. The van der Waals surface area contributed by atoms with Gasteiger partial charge in [-0.2, -0.15) is 5.10 Å². The monoisotopic (exact) mass is 400 g/mol. The van der Waals surface area contributed by atoms with E-state index in [0.717, 1.165) is 39.5 Å². The summed E-state index contributed by atoms with van der Waals surface area (Å²) in [6.45, 7) is 1.09. The van der Waals surface area contributed by atoms with Crippen LogP contribution in [0.2, 0.25) is 0 Å². The molecule has 0 aliphatic rings. The van der Waals surface area contributed by atoms with E-state index in [1.165, 1.54) is 0 Å². The lowest BCUT2D eigenvalue weighted by Gasteiger charge is -2.04. The summed E-state index contributed by atoms with van der Waals surface area (Å²) in [7, 11) is 0. The van der Waals surface area contributed by atoms with Gasteiger partial charge in [0, 0.05) is 23.1 Å². The third-order valence-corrected chi connectivity index (χ3v) is 5.05. The molecule has 0 aliphatic carbocycles. The van der Waals surface area contributed by atoms with Gasteiger partial charge in [-0.25, -0.2) is 4.98 Å². The lowest BCUT2D eigenvalue weighted by atomic mass is 10.1. The highest BCUT2D eigenvalue weighted by atomic mass is 16.3. The van der Waals surface area contributed by atoms with Crippen LogP contribution in [0.3, 0.4) is 0 Å². The molecule has 8 heteroatoms. The van der Waals surface area contributed by atoms with Crippen LogP contribution in [0.5, 0.6) is 0 Å². The van der Waals surface area contributed by atoms with Gasteiger partial charge in [0.2, 0.25) is 0 Å². The Morgan fingerprint density at radius 1 is 1.10 bits per heavy atom. The van der Waals surface area contributed by atoms with E-state index in [1.807, 2.05) is 36.4 Å². The Morgan fingerprint density at radius 2 is 2.03 bits per heavy atom. The summed E-state index contributed by atoms with van der Waals surface area (Å²) in [6, 6.07) is 13.4. The number of carbonyl (C=O) groups is 1. The fourth-order valence-corrected chi connectivity index (χ4v) is 3.47. The van der Waals surface area contributed by atoms with Crippen molar-refractivity contribution >= 4 is 27.8 Å². The molecule has 30 heavy (non-hydrogen) atoms. The molecule has 5 aromatic rings. The van der Waals surface area contributed by atoms with Gasteiger partial charge in [-0.15, -0.1) is 0 Å². The maximum atomic E-state index is 12.4. The Kier molecular flexibility index (Phi) is 4.53. The van der Waals surface area contributed by atoms with Crippen molar-refractivity contribution in [2.75, 3.05) is 13.1 Å². The van der Waals surface area contributed by atoms with E-state index in [1.54, 1.807) is 18.6 Å². The molecule has 3 heterocycles. The molecule has 0 fully saturated rings. The first kappa shape index (κ1) is 18.1. The standard InChI is InChI=1S/C22H20N6O2/c23-7-1-8-24-22(29)14-3-4-17-16(10-14)20(28-27-17)21-25-18-5-2-13(11-19(18)26-21)15-6-9-30-12-15/h2-6,9-12H,1,7-8,23H2,(H,24,29)(H,25,26)(H,27,28). The summed E-state index contributed by atoms with van der Waals surface area (Å²) in [6.07, 6.45) is 4.10. The number of carbonyl (C=O) groups excluding carboxylic acids is 1. The predicted molar refractivity (Wildman–Crippen MR) is 115 cm³/mol. The van der Waals surface area contributed by atoms with Crippen molar-refractivity contribution in [3.8, 4) is 22.6 Å². The molecule has 1 amide bonds. The van der Waals surface area contributed by atoms with Crippen LogP contribution in [0.1, 0.15) is 16.8 Å². The zero-order chi connectivity index (χ0) is 20.5. The highest BCUT2D eigenvalue weighted by Crippen LogP contribution is 2.29. The van der Waals surface area contributed by atoms with Gasteiger partial charge in [0.25, 0.3) is 5.91 Å². The quantitative estimate of drug-likeness (QED) is 0.325. The Bertz CT molecular complexity index is 1330. The molecule has 150 valence electrons. The SMILES string of the molecule is NCCCNC(=O)c1ccc2[nH]nc(-c3nc4ccc(-c5ccoc5)cc4[nH]3)c2c1. The lowest BCUT2D eigenvalue weighted by Crippen LogP contribution is -2.25. The van der Waals surface area contributed by atoms with Crippen molar-refractivity contribution in [2.45, 2.75) is 6.42 Å². The Labute approximate surface area is 171 Å². The maximum absolute atomic E-state index is 12.4. The van der Waals surface area contributed by atoms with Crippen LogP contribution < -0.4 is 11.1 Å². The number of benzene rings is 2. The van der Waals surface area contributed by atoms with Gasteiger partial charge in [-0.1, -0.05) is 6.07 Å². The molecule has 8 nitrogen and oxygen atoms in total. The number of nitrogens with zero attached hydrogens (tertiary/aromatic N) is 2. The van der Waals surface area contributed by atoms with Crippen molar-refractivity contribution in [2.24, 2.45) is 5.73 Å². The maximum Gasteiger partial charge on any atom is 0.251 e. The number of hydrogen-bond donors (Lipinski definition) is 4. The second-order valence-corrected chi connectivity index (χ2v) is 7.06. The Morgan fingerprint density at radius 3 is 2.87 bits per heavy atom. The number of rotatable bonds is 6. The molecule has 5 rings (SSSR count). The van der Waals surface area contributed by atoms with Gasteiger partial charge in [-0.05, 0) is 54.9 Å². The van der Waals surface area contributed by atoms with Gasteiger partial charge in [0.1, 0.15) is 5.69 Å². The van der Waals surface area contributed by atoms with Crippen molar-refractivity contribution in [1.82, 2.24) is 25.5 Å². The molecule has 0 spiro atoms. The van der Waals surface area contributed by atoms with E-state index >= 15 is 0 Å². The topological polar surface area (TPSA) is 126 Å². The van der Waals surface area contributed by atoms with Gasteiger partial charge in [0.15, 0.2) is 5.82 Å². The smallest absolute Gasteiger partial charge is 0.251 e. The molecule has 0 aliphatic heterocycles. The van der Waals surface area contributed by atoms with Gasteiger partial charge in [0.05, 0.1) is 29.1 Å². The minimum atomic E-state index is -0.133. The first-order chi connectivity index (χ1) is 14.7. The van der Waals surface area contributed by atoms with Crippen LogP contribution in [0.15, 0.2) is 59.4 Å². The first-order valence-corrected chi connectivity index (χ1v) is 9.72. The normalized spacial score (nSPS) is 11.4. The molecule has 0 unspecified atom stereocenters. The molecule has 0 saturated carbocycles. The molecule has 5 N–H and O–H groups in total. The van der Waals surface area contributed by atoms with Gasteiger partial charge < -0.3 is 20.5 Å². The van der Waals surface area contributed by atoms with E-state index in [2.05, 4.69) is 25.5 Å². The number of aromatic nitrogens is 4. The molecule has 0 bridgehead atoms. The van der Waals surface area contributed by atoms with Crippen molar-refractivity contribution in [3.05, 3.63) is 60.6 Å². The van der Waals surface area contributed by atoms with Crippen molar-refractivity contribution < 1.29 is 9.21 Å². The molecule has 3 aromatic heterocycles. The van der Waals surface area contributed by atoms with Gasteiger partial charge >= 0.3 is 0 Å². The fraction of sp³-hybridized carbons (Fsp3) is 0.136. The van der Waals surface area contributed by atoms with Crippen LogP contribution in [0.4, 0.5) is 0 Å². The summed E-state index contributed by atoms with van der Waals surface area (Å²) >= 11 is 0. The fourth-order valence-electron chi connectivity index (χ4n) is 3.47. The highest BCUT2D eigenvalue weighted by Gasteiger charge is 2.15. The number of fused-ring (bicyclic) bond motifs is 2. The lowest BCUT2D eigenvalue weighted by molar-refractivity contribution is 0.0953. The van der Waals surface area contributed by atoms with Crippen LogP contribution in [-0.2, 0) is 0 Å². The molecule has 2 aromatic carbocycles. The number of hydrogen-bond acceptors (Lipinski definition) is 5. The minimum Gasteiger partial charge on any atom is -0.472 e. The summed E-state index contributed by atoms with van der Waals surface area (Å²) in [5, 5.41) is 11.1. The van der Waals surface area contributed by atoms with Crippen molar-refractivity contribution in [3.63, 3.8) is 0 Å². The Balaban J connectivity index is 1.51. The minimum absolute atomic E-state index is 0.133. The van der Waals surface area contributed by atoms with Crippen LogP contribution in [0, 0.1) is 0 Å². The first-order valence-electron chi connectivity index (χ1n) is 9.72. The average Bonchev–Trinajstić information content (AvgIpc) is 3.51. The summed E-state index contributed by atoms with van der Waals surface area (Å²) in [5.41, 5.74) is 11.3. The summed E-state index contributed by atoms with van der Waals surface area (Å²) in [4.78, 5) is 20.4. The molecule has 0 saturated heterocycles. The van der Waals surface area contributed by atoms with Crippen LogP contribution in [0.25, 0.3) is 44.6 Å². The zero-order valence-electron chi connectivity index (χ0n) is 16.1. The second-order valence-electron chi connectivity index (χ2n) is 7.06. The van der Waals surface area contributed by atoms with Crippen LogP contribution >= 0.6 is 0 Å². The largest absolute Gasteiger partial charge is 0.472 e. The molecule has 0 atom stereocenters. The average molecular weight is 400 g/mol. The number of nitrogens with one attached hydrogen (secondary N) is 3. The van der Waals surface area contributed by atoms with Gasteiger partial charge in [-0.3, -0.25) is 9.89 Å². The molecular weight excluding hydrogens is 380 g/mol. The van der Waals surface area contributed by atoms with E-state index in [4.69, 9.17) is 10.2 Å². The summed E-state index contributed by atoms with van der Waals surface area (Å²) in [5.74, 6) is 0.508. The summed E-state index contributed by atoms with van der Waals surface area (Å²) < 4.78 is 5.18. The number of H-pyrrole nitrogens is 2. The number of furan rings is 1. The van der Waals surface area contributed by atoms with E-state index in [-0.39, 0.29) is 5.91 Å². The molecule has 0 radical (unpaired) electrons. The highest BCUT2D eigenvalue weighted by molar-refractivity contribution is 6.01. The molecular formula is C22H20N6O2. The van der Waals surface area contributed by atoms with E-state index in [0.29, 0.717) is 30.2 Å². The number of nitrogens with two attached hydrogens (primary N) is 1.